The maximum absolute atomic E-state index is 4.09. The molecule has 1 aromatic carbocycles. The Morgan fingerprint density at radius 2 is 1.58 bits per heavy atom. The van der Waals surface area contributed by atoms with Crippen molar-refractivity contribution in [3.05, 3.63) is 34.7 Å². The predicted molar refractivity (Wildman–Crippen MR) is 87.0 cm³/mol. The molecule has 1 aromatic rings. The fourth-order valence-corrected chi connectivity index (χ4v) is 2.27. The molecule has 1 heteroatoms. The molecule has 0 radical (unpaired) electrons. The van der Waals surface area contributed by atoms with E-state index in [1.807, 2.05) is 13.8 Å². The van der Waals surface area contributed by atoms with E-state index in [4.69, 9.17) is 0 Å². The number of terminal acetylenes is 1. The first-order valence-corrected chi connectivity index (χ1v) is 7.12. The second-order valence-corrected chi connectivity index (χ2v) is 4.29. The molecular formula is C18H27N. The number of rotatable bonds is 1. The van der Waals surface area contributed by atoms with Crippen molar-refractivity contribution in [1.82, 2.24) is 4.90 Å². The van der Waals surface area contributed by atoms with E-state index in [9.17, 15) is 0 Å². The fourth-order valence-electron chi connectivity index (χ4n) is 2.27. The van der Waals surface area contributed by atoms with Gasteiger partial charge < -0.3 is 4.90 Å². The van der Waals surface area contributed by atoms with Gasteiger partial charge in [-0.3, -0.25) is 0 Å². The van der Waals surface area contributed by atoms with Crippen molar-refractivity contribution in [3.8, 4) is 12.8 Å². The van der Waals surface area contributed by atoms with Crippen molar-refractivity contribution >= 4 is 12.3 Å². The second-order valence-electron chi connectivity index (χ2n) is 4.29. The van der Waals surface area contributed by atoms with Gasteiger partial charge in [0.15, 0.2) is 0 Å². The molecule has 1 saturated heterocycles. The van der Waals surface area contributed by atoms with E-state index < -0.39 is 0 Å². The molecule has 2 rings (SSSR count). The molecule has 0 bridgehead atoms. The molecule has 0 N–H and O–H groups in total. The van der Waals surface area contributed by atoms with Crippen LogP contribution in [0.15, 0.2) is 24.3 Å². The smallest absolute Gasteiger partial charge is 0.0180 e. The molecule has 0 aromatic heterocycles. The largest absolute Gasteiger partial charge is 0.375 e. The third-order valence-electron chi connectivity index (χ3n) is 3.24. The van der Waals surface area contributed by atoms with Crippen LogP contribution >= 0.6 is 0 Å². The van der Waals surface area contributed by atoms with E-state index in [1.165, 1.54) is 43.3 Å². The first-order valence-electron chi connectivity index (χ1n) is 7.12. The van der Waals surface area contributed by atoms with E-state index in [-0.39, 0.29) is 0 Å². The van der Waals surface area contributed by atoms with Crippen molar-refractivity contribution in [3.63, 3.8) is 0 Å². The normalized spacial score (nSPS) is 15.3. The molecular weight excluding hydrogens is 230 g/mol. The van der Waals surface area contributed by atoms with Gasteiger partial charge in [-0.15, -0.1) is 12.8 Å². The number of benzene rings is 1. The highest BCUT2D eigenvalue weighted by molar-refractivity contribution is 5.41. The predicted octanol–water partition coefficient (Wildman–Crippen LogP) is 2.99. The number of piperidine rings is 1. The van der Waals surface area contributed by atoms with E-state index in [0.717, 1.165) is 5.22 Å². The Morgan fingerprint density at radius 3 is 2.11 bits per heavy atom. The number of likely N-dealkylation sites (tertiary alicyclic amines) is 1. The summed E-state index contributed by atoms with van der Waals surface area (Å²) in [5, 5.41) is 2.44. The number of hydrogen-bond acceptors (Lipinski definition) is 1. The molecule has 1 aliphatic rings. The lowest BCUT2D eigenvalue weighted by atomic mass is 10.1. The standard InChI is InChI=1S/C14H19N.C2H6.C2H2/c1-12-8-4-5-9-14(12)13(2)15-10-6-3-7-11-15;2*1-2/h4-5,8-9H,1,3,6-7,10-11H2,2H3;1-2H3;1-2H/b14-13+;;. The average molecular weight is 257 g/mol. The lowest BCUT2D eigenvalue weighted by Crippen LogP contribution is -2.35. The third-order valence-corrected chi connectivity index (χ3v) is 3.24. The molecule has 104 valence electrons. The van der Waals surface area contributed by atoms with Gasteiger partial charge in [0, 0.05) is 18.8 Å². The van der Waals surface area contributed by atoms with E-state index in [2.05, 4.69) is 55.5 Å². The highest BCUT2D eigenvalue weighted by atomic mass is 15.1. The van der Waals surface area contributed by atoms with Crippen LogP contribution in [0.1, 0.15) is 40.0 Å². The molecule has 0 spiro atoms. The summed E-state index contributed by atoms with van der Waals surface area (Å²) >= 11 is 0. The minimum atomic E-state index is 1.14. The molecule has 19 heavy (non-hydrogen) atoms. The van der Waals surface area contributed by atoms with Crippen LogP contribution in [0, 0.1) is 12.8 Å². The first kappa shape index (κ1) is 17.3. The van der Waals surface area contributed by atoms with Gasteiger partial charge >= 0.3 is 0 Å². The van der Waals surface area contributed by atoms with Crippen molar-refractivity contribution in [1.29, 1.82) is 0 Å². The van der Waals surface area contributed by atoms with E-state index in [1.54, 1.807) is 0 Å². The minimum absolute atomic E-state index is 1.14. The van der Waals surface area contributed by atoms with Crippen molar-refractivity contribution in [2.75, 3.05) is 13.1 Å². The van der Waals surface area contributed by atoms with Gasteiger partial charge in [-0.1, -0.05) is 44.7 Å². The summed E-state index contributed by atoms with van der Waals surface area (Å²) < 4.78 is 0. The molecule has 0 atom stereocenters. The molecule has 0 amide bonds. The van der Waals surface area contributed by atoms with Crippen LogP contribution in [-0.4, -0.2) is 18.0 Å². The monoisotopic (exact) mass is 257 g/mol. The average Bonchev–Trinajstić information content (AvgIpc) is 2.52. The van der Waals surface area contributed by atoms with Gasteiger partial charge in [-0.05, 0) is 36.6 Å². The Labute approximate surface area is 118 Å². The summed E-state index contributed by atoms with van der Waals surface area (Å²) in [6.07, 6.45) is 12.0. The Hall–Kier alpha value is -1.68. The van der Waals surface area contributed by atoms with Gasteiger partial charge in [0.2, 0.25) is 0 Å². The number of hydrogen-bond donors (Lipinski definition) is 0. The lowest BCUT2D eigenvalue weighted by molar-refractivity contribution is 0.321. The Balaban J connectivity index is 0.000000741. The molecule has 0 unspecified atom stereocenters. The summed E-state index contributed by atoms with van der Waals surface area (Å²) in [5.41, 5.74) is 1.39. The maximum atomic E-state index is 4.09. The summed E-state index contributed by atoms with van der Waals surface area (Å²) in [4.78, 5) is 2.49. The first-order chi connectivity index (χ1) is 9.29. The molecule has 0 aliphatic carbocycles. The van der Waals surface area contributed by atoms with E-state index >= 15 is 0 Å². The molecule has 1 aliphatic heterocycles. The van der Waals surface area contributed by atoms with E-state index in [0.29, 0.717) is 0 Å². The lowest BCUT2D eigenvalue weighted by Gasteiger charge is -2.29. The third kappa shape index (κ3) is 5.22. The Kier molecular flexibility index (Phi) is 9.35. The van der Waals surface area contributed by atoms with Gasteiger partial charge in [0.05, 0.1) is 0 Å². The van der Waals surface area contributed by atoms with Crippen LogP contribution in [0.5, 0.6) is 0 Å². The van der Waals surface area contributed by atoms with Crippen LogP contribution in [0.3, 0.4) is 0 Å². The van der Waals surface area contributed by atoms with Crippen LogP contribution in [0.2, 0.25) is 0 Å². The summed E-state index contributed by atoms with van der Waals surface area (Å²) in [7, 11) is 0. The zero-order valence-corrected chi connectivity index (χ0v) is 12.7. The quantitative estimate of drug-likeness (QED) is 0.699. The molecule has 0 saturated carbocycles. The van der Waals surface area contributed by atoms with Gasteiger partial charge in [0.25, 0.3) is 0 Å². The maximum Gasteiger partial charge on any atom is 0.0180 e. The SMILES string of the molecule is C#C.C=c1cccc/c1=C(/C)N1CCCCC1.CC. The Morgan fingerprint density at radius 1 is 1.05 bits per heavy atom. The van der Waals surface area contributed by atoms with Crippen LogP contribution in [0.4, 0.5) is 0 Å². The topological polar surface area (TPSA) is 3.24 Å². The highest BCUT2D eigenvalue weighted by Crippen LogP contribution is 2.13. The molecule has 1 fully saturated rings. The van der Waals surface area contributed by atoms with Crippen molar-refractivity contribution < 1.29 is 0 Å². The van der Waals surface area contributed by atoms with Gasteiger partial charge in [-0.2, -0.15) is 0 Å². The van der Waals surface area contributed by atoms with Gasteiger partial charge in [0.1, 0.15) is 0 Å². The van der Waals surface area contributed by atoms with Crippen LogP contribution < -0.4 is 10.4 Å². The van der Waals surface area contributed by atoms with Crippen LogP contribution in [-0.2, 0) is 0 Å². The summed E-state index contributed by atoms with van der Waals surface area (Å²) in [6, 6.07) is 8.40. The number of nitrogens with zero attached hydrogens (tertiary/aromatic N) is 1. The Bertz CT molecular complexity index is 464. The minimum Gasteiger partial charge on any atom is -0.375 e. The fraction of sp³-hybridized carbons (Fsp3) is 0.444. The van der Waals surface area contributed by atoms with Gasteiger partial charge in [-0.25, -0.2) is 0 Å². The van der Waals surface area contributed by atoms with Crippen molar-refractivity contribution in [2.24, 2.45) is 0 Å². The zero-order chi connectivity index (χ0) is 14.7. The van der Waals surface area contributed by atoms with Crippen LogP contribution in [0.25, 0.3) is 12.3 Å². The summed E-state index contributed by atoms with van der Waals surface area (Å²) in [5.74, 6) is 0. The molecule has 1 nitrogen and oxygen atoms in total. The second kappa shape index (κ2) is 10.3. The summed E-state index contributed by atoms with van der Waals surface area (Å²) in [6.45, 7) is 12.7. The van der Waals surface area contributed by atoms with Crippen molar-refractivity contribution in [2.45, 2.75) is 40.0 Å². The molecule has 1 heterocycles. The highest BCUT2D eigenvalue weighted by Gasteiger charge is 2.10. The zero-order valence-electron chi connectivity index (χ0n) is 12.7.